The summed E-state index contributed by atoms with van der Waals surface area (Å²) in [6.07, 6.45) is 0.776. The second-order valence-corrected chi connectivity index (χ2v) is 3.18. The number of rotatable bonds is 1. The predicted molar refractivity (Wildman–Crippen MR) is 58.7 cm³/mol. The Balaban J connectivity index is 2.85. The minimum absolute atomic E-state index is 0.523. The number of hydrogen-bond donors (Lipinski definition) is 2. The van der Waals surface area contributed by atoms with Crippen LogP contribution in [0.4, 0.5) is 5.82 Å². The van der Waals surface area contributed by atoms with Gasteiger partial charge in [0, 0.05) is 12.2 Å². The molecular weight excluding hydrogens is 180 g/mol. The number of nitrogens with zero attached hydrogens (tertiary/aromatic N) is 1. The molecule has 0 fully saturated rings. The monoisotopic (exact) mass is 192 g/mol. The van der Waals surface area contributed by atoms with Crippen LogP contribution in [0.25, 0.3) is 0 Å². The van der Waals surface area contributed by atoms with E-state index < -0.39 is 0 Å². The predicted octanol–water partition coefficient (Wildman–Crippen LogP) is 1.64. The van der Waals surface area contributed by atoms with Crippen LogP contribution in [-0.4, -0.2) is 10.7 Å². The number of aromatic nitrogens is 1. The normalized spacial score (nSPS) is 9.08. The van der Waals surface area contributed by atoms with Crippen molar-refractivity contribution < 1.29 is 0 Å². The minimum Gasteiger partial charge on any atom is -0.384 e. The van der Waals surface area contributed by atoms with Crippen LogP contribution in [-0.2, 0) is 0 Å². The van der Waals surface area contributed by atoms with Gasteiger partial charge < -0.3 is 5.73 Å². The lowest BCUT2D eigenvalue weighted by Crippen LogP contribution is -1.93. The molecular formula is C10H12N2S. The van der Waals surface area contributed by atoms with Gasteiger partial charge in [0.15, 0.2) is 0 Å². The summed E-state index contributed by atoms with van der Waals surface area (Å²) in [5.74, 6) is 7.19. The summed E-state index contributed by atoms with van der Waals surface area (Å²) in [5.41, 5.74) is 7.39. The lowest BCUT2D eigenvalue weighted by molar-refractivity contribution is 1.25. The van der Waals surface area contributed by atoms with Gasteiger partial charge in [0.25, 0.3) is 0 Å². The lowest BCUT2D eigenvalue weighted by Gasteiger charge is -1.96. The summed E-state index contributed by atoms with van der Waals surface area (Å²) < 4.78 is 0. The number of nitrogen functional groups attached to an aromatic ring is 1. The topological polar surface area (TPSA) is 38.9 Å². The Bertz CT molecular complexity index is 329. The Hall–Kier alpha value is -1.14. The van der Waals surface area contributed by atoms with Gasteiger partial charge in [-0.2, -0.15) is 12.6 Å². The second-order valence-electron chi connectivity index (χ2n) is 2.73. The molecule has 1 rings (SSSR count). The van der Waals surface area contributed by atoms with E-state index in [1.807, 2.05) is 19.1 Å². The fourth-order valence-corrected chi connectivity index (χ4v) is 1.08. The highest BCUT2D eigenvalue weighted by molar-refractivity contribution is 7.80. The van der Waals surface area contributed by atoms with Crippen molar-refractivity contribution >= 4 is 18.4 Å². The molecule has 0 aromatic carbocycles. The Kier molecular flexibility index (Phi) is 3.66. The van der Waals surface area contributed by atoms with Gasteiger partial charge in [-0.3, -0.25) is 0 Å². The molecule has 0 bridgehead atoms. The molecule has 1 aromatic rings. The SMILES string of the molecule is Cc1cc(N)nc(C#CCCS)c1. The van der Waals surface area contributed by atoms with Gasteiger partial charge in [-0.05, 0) is 30.5 Å². The molecule has 13 heavy (non-hydrogen) atoms. The Morgan fingerprint density at radius 3 is 2.92 bits per heavy atom. The van der Waals surface area contributed by atoms with E-state index in [0.717, 1.165) is 23.4 Å². The van der Waals surface area contributed by atoms with Crippen LogP contribution in [0, 0.1) is 18.8 Å². The largest absolute Gasteiger partial charge is 0.384 e. The molecule has 0 unspecified atom stereocenters. The van der Waals surface area contributed by atoms with Crippen LogP contribution in [0.2, 0.25) is 0 Å². The number of thiol groups is 1. The summed E-state index contributed by atoms with van der Waals surface area (Å²) in [6, 6.07) is 3.74. The van der Waals surface area contributed by atoms with E-state index >= 15 is 0 Å². The van der Waals surface area contributed by atoms with Gasteiger partial charge in [0.2, 0.25) is 0 Å². The first-order valence-electron chi connectivity index (χ1n) is 4.06. The van der Waals surface area contributed by atoms with Crippen molar-refractivity contribution in [2.24, 2.45) is 0 Å². The van der Waals surface area contributed by atoms with Crippen molar-refractivity contribution in [3.05, 3.63) is 23.4 Å². The number of hydrogen-bond acceptors (Lipinski definition) is 3. The van der Waals surface area contributed by atoms with E-state index in [9.17, 15) is 0 Å². The maximum Gasteiger partial charge on any atom is 0.125 e. The summed E-state index contributed by atoms with van der Waals surface area (Å²) in [7, 11) is 0. The van der Waals surface area contributed by atoms with Gasteiger partial charge in [-0.25, -0.2) is 4.98 Å². The van der Waals surface area contributed by atoms with Crippen molar-refractivity contribution in [2.75, 3.05) is 11.5 Å². The molecule has 1 aromatic heterocycles. The third-order valence-electron chi connectivity index (χ3n) is 1.44. The molecule has 0 aliphatic rings. The van der Waals surface area contributed by atoms with Crippen LogP contribution < -0.4 is 5.73 Å². The van der Waals surface area contributed by atoms with Crippen molar-refractivity contribution in [3.8, 4) is 11.8 Å². The smallest absolute Gasteiger partial charge is 0.125 e. The van der Waals surface area contributed by atoms with Gasteiger partial charge in [-0.15, -0.1) is 0 Å². The van der Waals surface area contributed by atoms with E-state index in [1.165, 1.54) is 0 Å². The molecule has 0 radical (unpaired) electrons. The number of pyridine rings is 1. The molecule has 0 aliphatic carbocycles. The highest BCUT2D eigenvalue weighted by Gasteiger charge is 1.92. The molecule has 1 heterocycles. The maximum absolute atomic E-state index is 5.57. The number of nitrogens with two attached hydrogens (primary N) is 1. The van der Waals surface area contributed by atoms with Crippen LogP contribution >= 0.6 is 12.6 Å². The van der Waals surface area contributed by atoms with Crippen molar-refractivity contribution in [2.45, 2.75) is 13.3 Å². The van der Waals surface area contributed by atoms with Gasteiger partial charge in [0.05, 0.1) is 0 Å². The molecule has 0 amide bonds. The van der Waals surface area contributed by atoms with Crippen molar-refractivity contribution in [3.63, 3.8) is 0 Å². The summed E-state index contributed by atoms with van der Waals surface area (Å²) in [6.45, 7) is 1.97. The zero-order valence-corrected chi connectivity index (χ0v) is 8.44. The summed E-state index contributed by atoms with van der Waals surface area (Å²) >= 11 is 4.06. The third kappa shape index (κ3) is 3.39. The van der Waals surface area contributed by atoms with Crippen LogP contribution in [0.15, 0.2) is 12.1 Å². The first kappa shape index (κ1) is 9.94. The van der Waals surface area contributed by atoms with Crippen LogP contribution in [0.3, 0.4) is 0 Å². The van der Waals surface area contributed by atoms with Crippen LogP contribution in [0.1, 0.15) is 17.7 Å². The fourth-order valence-electron chi connectivity index (χ4n) is 0.967. The lowest BCUT2D eigenvalue weighted by atomic mass is 10.2. The molecule has 68 valence electrons. The van der Waals surface area contributed by atoms with Crippen molar-refractivity contribution in [1.29, 1.82) is 0 Å². The maximum atomic E-state index is 5.57. The Morgan fingerprint density at radius 2 is 2.31 bits per heavy atom. The second kappa shape index (κ2) is 4.78. The highest BCUT2D eigenvalue weighted by atomic mass is 32.1. The first-order chi connectivity index (χ1) is 6.22. The highest BCUT2D eigenvalue weighted by Crippen LogP contribution is 2.04. The van der Waals surface area contributed by atoms with Gasteiger partial charge in [0.1, 0.15) is 11.5 Å². The molecule has 0 atom stereocenters. The van der Waals surface area contributed by atoms with E-state index in [4.69, 9.17) is 5.73 Å². The standard InChI is InChI=1S/C10H12N2S/c1-8-6-9(4-2-3-5-13)12-10(11)7-8/h6-7,13H,3,5H2,1H3,(H2,11,12). The summed E-state index contributed by atoms with van der Waals surface area (Å²) in [4.78, 5) is 4.09. The number of anilines is 1. The first-order valence-corrected chi connectivity index (χ1v) is 4.69. The number of aryl methyl sites for hydroxylation is 1. The average Bonchev–Trinajstić information content (AvgIpc) is 2.03. The van der Waals surface area contributed by atoms with E-state index in [0.29, 0.717) is 5.82 Å². The summed E-state index contributed by atoms with van der Waals surface area (Å²) in [5, 5.41) is 0. The molecule has 0 aliphatic heterocycles. The molecule has 3 heteroatoms. The quantitative estimate of drug-likeness (QED) is 0.524. The average molecular weight is 192 g/mol. The zero-order valence-electron chi connectivity index (χ0n) is 7.54. The molecule has 2 nitrogen and oxygen atoms in total. The fraction of sp³-hybridized carbons (Fsp3) is 0.300. The van der Waals surface area contributed by atoms with Crippen LogP contribution in [0.5, 0.6) is 0 Å². The minimum atomic E-state index is 0.523. The van der Waals surface area contributed by atoms with Gasteiger partial charge in [-0.1, -0.05) is 5.92 Å². The molecule has 0 spiro atoms. The Labute approximate surface area is 84.0 Å². The van der Waals surface area contributed by atoms with Crippen molar-refractivity contribution in [1.82, 2.24) is 4.98 Å². The molecule has 2 N–H and O–H groups in total. The zero-order chi connectivity index (χ0) is 9.68. The van der Waals surface area contributed by atoms with E-state index in [-0.39, 0.29) is 0 Å². The Morgan fingerprint density at radius 1 is 1.54 bits per heavy atom. The van der Waals surface area contributed by atoms with E-state index in [2.05, 4.69) is 29.5 Å². The van der Waals surface area contributed by atoms with E-state index in [1.54, 1.807) is 0 Å². The molecule has 0 saturated carbocycles. The molecule has 0 saturated heterocycles. The third-order valence-corrected chi connectivity index (χ3v) is 1.67. The van der Waals surface area contributed by atoms with Gasteiger partial charge >= 0.3 is 0 Å².